The van der Waals surface area contributed by atoms with Gasteiger partial charge in [0, 0.05) is 0 Å². The van der Waals surface area contributed by atoms with Gasteiger partial charge in [-0.05, 0) is 43.7 Å². The molecule has 0 aliphatic heterocycles. The lowest BCUT2D eigenvalue weighted by atomic mass is 10.2. The Morgan fingerprint density at radius 2 is 1.46 bits per heavy atom. The van der Waals surface area contributed by atoms with Crippen LogP contribution in [0.15, 0.2) is 54.6 Å². The molecule has 0 bridgehead atoms. The number of phosphoric acid groups is 1. The van der Waals surface area contributed by atoms with Gasteiger partial charge in [-0.3, -0.25) is 9.05 Å². The van der Waals surface area contributed by atoms with Gasteiger partial charge in [-0.2, -0.15) is 0 Å². The summed E-state index contributed by atoms with van der Waals surface area (Å²) in [5.74, 6) is 0.526. The first kappa shape index (κ1) is 20.0. The number of rotatable bonds is 9. The van der Waals surface area contributed by atoms with E-state index in [-0.39, 0.29) is 31.3 Å². The zero-order valence-corrected chi connectivity index (χ0v) is 15.5. The molecule has 0 fully saturated rings. The lowest BCUT2D eigenvalue weighted by molar-refractivity contribution is 0.0927. The fourth-order valence-corrected chi connectivity index (χ4v) is 3.14. The highest BCUT2D eigenvalue weighted by Crippen LogP contribution is 2.49. The molecule has 0 spiro atoms. The zero-order chi connectivity index (χ0) is 18.8. The van der Waals surface area contributed by atoms with E-state index in [0.717, 1.165) is 5.56 Å². The number of benzene rings is 2. The Hall–Kier alpha value is -2.34. The number of phosphoric ester groups is 1. The molecule has 0 unspecified atom stereocenters. The van der Waals surface area contributed by atoms with Crippen molar-refractivity contribution in [3.8, 4) is 11.5 Å². The molecule has 0 N–H and O–H groups in total. The summed E-state index contributed by atoms with van der Waals surface area (Å²) in [6.45, 7) is 3.87. The van der Waals surface area contributed by atoms with Gasteiger partial charge < -0.3 is 14.0 Å². The second-order valence-electron chi connectivity index (χ2n) is 4.97. The molecule has 140 valence electrons. The van der Waals surface area contributed by atoms with E-state index in [4.69, 9.17) is 23.0 Å². The van der Waals surface area contributed by atoms with Crippen molar-refractivity contribution in [1.29, 1.82) is 0 Å². The average molecular weight is 380 g/mol. The monoisotopic (exact) mass is 380 g/mol. The quantitative estimate of drug-likeness (QED) is 0.345. The minimum absolute atomic E-state index is 0.118. The molecule has 0 amide bonds. The van der Waals surface area contributed by atoms with E-state index in [0.29, 0.717) is 0 Å². The van der Waals surface area contributed by atoms with Crippen LogP contribution in [-0.4, -0.2) is 19.4 Å². The fraction of sp³-hybridized carbons (Fsp3) is 0.278. The molecule has 0 aliphatic carbocycles. The van der Waals surface area contributed by atoms with Crippen molar-refractivity contribution < 1.29 is 32.4 Å². The van der Waals surface area contributed by atoms with Crippen LogP contribution in [0, 0.1) is 0 Å². The van der Waals surface area contributed by atoms with E-state index in [1.165, 1.54) is 24.3 Å². The third-order valence-electron chi connectivity index (χ3n) is 3.02. The van der Waals surface area contributed by atoms with Gasteiger partial charge in [0.05, 0.1) is 13.2 Å². The minimum Gasteiger partial charge on any atom is -0.429 e. The van der Waals surface area contributed by atoms with E-state index in [2.05, 4.69) is 0 Å². The van der Waals surface area contributed by atoms with E-state index >= 15 is 0 Å². The first-order valence-electron chi connectivity index (χ1n) is 8.12. The summed E-state index contributed by atoms with van der Waals surface area (Å²) in [6, 6.07) is 15.2. The molecule has 0 aromatic heterocycles. The van der Waals surface area contributed by atoms with E-state index < -0.39 is 14.0 Å². The maximum absolute atomic E-state index is 12.3. The summed E-state index contributed by atoms with van der Waals surface area (Å²) >= 11 is 0. The van der Waals surface area contributed by atoms with Crippen LogP contribution >= 0.6 is 7.82 Å². The molecular weight excluding hydrogens is 359 g/mol. The molecule has 0 atom stereocenters. The summed E-state index contributed by atoms with van der Waals surface area (Å²) < 4.78 is 37.8. The molecule has 0 saturated carbocycles. The van der Waals surface area contributed by atoms with Crippen molar-refractivity contribution in [1.82, 2.24) is 0 Å². The van der Waals surface area contributed by atoms with Gasteiger partial charge in [-0.1, -0.05) is 30.3 Å². The lowest BCUT2D eigenvalue weighted by Crippen LogP contribution is -2.10. The molecule has 8 heteroatoms. The molecule has 26 heavy (non-hydrogen) atoms. The topological polar surface area (TPSA) is 80.3 Å². The Bertz CT molecular complexity index is 721. The lowest BCUT2D eigenvalue weighted by Gasteiger charge is -2.17. The Balaban J connectivity index is 1.88. The third kappa shape index (κ3) is 6.52. The summed E-state index contributed by atoms with van der Waals surface area (Å²) in [6.07, 6.45) is -0.822. The van der Waals surface area contributed by atoms with Gasteiger partial charge in [-0.25, -0.2) is 9.36 Å². The standard InChI is InChI=1S/C18H21O7P/c1-3-22-26(20,23-4-2)25-17-12-10-16(11-13-17)24-18(19)21-14-15-8-6-5-7-9-15/h5-13H,3-4,14H2,1-2H3. The van der Waals surface area contributed by atoms with Crippen molar-refractivity contribution >= 4 is 14.0 Å². The first-order valence-corrected chi connectivity index (χ1v) is 9.58. The molecule has 2 rings (SSSR count). The van der Waals surface area contributed by atoms with Crippen LogP contribution < -0.4 is 9.26 Å². The minimum atomic E-state index is -3.66. The van der Waals surface area contributed by atoms with E-state index in [9.17, 15) is 9.36 Å². The average Bonchev–Trinajstić information content (AvgIpc) is 2.63. The predicted octanol–water partition coefficient (Wildman–Crippen LogP) is 4.96. The van der Waals surface area contributed by atoms with Gasteiger partial charge in [0.1, 0.15) is 18.1 Å². The van der Waals surface area contributed by atoms with Crippen LogP contribution in [0.4, 0.5) is 4.79 Å². The van der Waals surface area contributed by atoms with Crippen LogP contribution in [0.5, 0.6) is 11.5 Å². The Morgan fingerprint density at radius 3 is 2.04 bits per heavy atom. The maximum Gasteiger partial charge on any atom is 0.530 e. The highest BCUT2D eigenvalue weighted by molar-refractivity contribution is 7.48. The van der Waals surface area contributed by atoms with Crippen LogP contribution in [-0.2, 0) is 25.0 Å². The van der Waals surface area contributed by atoms with Gasteiger partial charge in [0.2, 0.25) is 0 Å². The van der Waals surface area contributed by atoms with Crippen LogP contribution in [0.2, 0.25) is 0 Å². The highest BCUT2D eigenvalue weighted by atomic mass is 31.2. The molecule has 0 saturated heterocycles. The number of ether oxygens (including phenoxy) is 2. The summed E-state index contributed by atoms with van der Waals surface area (Å²) in [7, 11) is -3.66. The summed E-state index contributed by atoms with van der Waals surface area (Å²) in [5.41, 5.74) is 0.857. The highest BCUT2D eigenvalue weighted by Gasteiger charge is 2.27. The fourth-order valence-electron chi connectivity index (χ4n) is 1.95. The molecular formula is C18H21O7P. The van der Waals surface area contributed by atoms with Gasteiger partial charge in [0.15, 0.2) is 0 Å². The smallest absolute Gasteiger partial charge is 0.429 e. The largest absolute Gasteiger partial charge is 0.530 e. The second kappa shape index (κ2) is 9.97. The van der Waals surface area contributed by atoms with Crippen molar-refractivity contribution in [3.05, 3.63) is 60.2 Å². The van der Waals surface area contributed by atoms with Crippen molar-refractivity contribution in [2.24, 2.45) is 0 Å². The van der Waals surface area contributed by atoms with E-state index in [1.807, 2.05) is 30.3 Å². The number of hydrogen-bond donors (Lipinski definition) is 0. The normalized spacial score (nSPS) is 11.0. The van der Waals surface area contributed by atoms with Crippen LogP contribution in [0.3, 0.4) is 0 Å². The number of hydrogen-bond acceptors (Lipinski definition) is 7. The molecule has 0 aliphatic rings. The van der Waals surface area contributed by atoms with Crippen LogP contribution in [0.25, 0.3) is 0 Å². The first-order chi connectivity index (χ1) is 12.5. The Kier molecular flexibility index (Phi) is 7.66. The van der Waals surface area contributed by atoms with Crippen molar-refractivity contribution in [2.75, 3.05) is 13.2 Å². The Morgan fingerprint density at radius 1 is 0.885 bits per heavy atom. The van der Waals surface area contributed by atoms with Gasteiger partial charge in [0.25, 0.3) is 0 Å². The van der Waals surface area contributed by atoms with Crippen molar-refractivity contribution in [2.45, 2.75) is 20.5 Å². The summed E-state index contributed by atoms with van der Waals surface area (Å²) in [5, 5.41) is 0. The molecule has 2 aromatic carbocycles. The number of carbonyl (C=O) groups excluding carboxylic acids is 1. The Labute approximate surface area is 152 Å². The molecule has 0 heterocycles. The maximum atomic E-state index is 12.3. The SMILES string of the molecule is CCOP(=O)(OCC)Oc1ccc(OC(=O)OCc2ccccc2)cc1. The molecule has 2 aromatic rings. The van der Waals surface area contributed by atoms with Crippen molar-refractivity contribution in [3.63, 3.8) is 0 Å². The van der Waals surface area contributed by atoms with Gasteiger partial charge in [-0.15, -0.1) is 0 Å². The summed E-state index contributed by atoms with van der Waals surface area (Å²) in [4.78, 5) is 11.7. The van der Waals surface area contributed by atoms with E-state index in [1.54, 1.807) is 13.8 Å². The predicted molar refractivity (Wildman–Crippen MR) is 95.2 cm³/mol. The zero-order valence-electron chi connectivity index (χ0n) is 14.6. The second-order valence-corrected chi connectivity index (χ2v) is 6.57. The van der Waals surface area contributed by atoms with Gasteiger partial charge >= 0.3 is 14.0 Å². The molecule has 7 nitrogen and oxygen atoms in total. The van der Waals surface area contributed by atoms with Crippen LogP contribution in [0.1, 0.15) is 19.4 Å². The molecule has 0 radical (unpaired) electrons. The number of carbonyl (C=O) groups is 1. The third-order valence-corrected chi connectivity index (χ3v) is 4.60.